The summed E-state index contributed by atoms with van der Waals surface area (Å²) >= 11 is 1.15. The van der Waals surface area contributed by atoms with E-state index in [1.165, 1.54) is 19.2 Å². The maximum absolute atomic E-state index is 12.6. The van der Waals surface area contributed by atoms with Gasteiger partial charge in [-0.05, 0) is 26.8 Å². The molecule has 0 saturated heterocycles. The number of nitro benzene ring substituents is 1. The molecule has 3 rings (SSSR count). The molecule has 3 aromatic rings. The van der Waals surface area contributed by atoms with Crippen molar-refractivity contribution in [2.45, 2.75) is 26.8 Å². The first kappa shape index (κ1) is 17.8. The Kier molecular flexibility index (Phi) is 4.60. The summed E-state index contributed by atoms with van der Waals surface area (Å²) in [6.45, 7) is 5.69. The Morgan fingerprint density at radius 2 is 2.12 bits per heavy atom. The third-order valence-electron chi connectivity index (χ3n) is 3.68. The van der Waals surface area contributed by atoms with Crippen molar-refractivity contribution < 1.29 is 14.5 Å². The lowest BCUT2D eigenvalue weighted by atomic mass is 10.3. The fraction of sp³-hybridized carbons (Fsp3) is 0.312. The van der Waals surface area contributed by atoms with Gasteiger partial charge in [0.15, 0.2) is 10.9 Å². The number of non-ortho nitro benzene ring substituents is 1. The van der Waals surface area contributed by atoms with Crippen LogP contribution in [0.2, 0.25) is 0 Å². The number of carbonyl (C=O) groups is 1. The zero-order valence-corrected chi connectivity index (χ0v) is 15.5. The smallest absolute Gasteiger partial charge is 0.275 e. The number of nitrogens with one attached hydrogen (secondary N) is 1. The van der Waals surface area contributed by atoms with Gasteiger partial charge in [0.25, 0.3) is 11.6 Å². The number of amides is 1. The molecule has 0 radical (unpaired) electrons. The fourth-order valence-electron chi connectivity index (χ4n) is 2.54. The summed E-state index contributed by atoms with van der Waals surface area (Å²) in [7, 11) is 1.42. The summed E-state index contributed by atoms with van der Waals surface area (Å²) in [5.41, 5.74) is 1.54. The molecule has 0 saturated carbocycles. The van der Waals surface area contributed by atoms with Crippen LogP contribution in [0.25, 0.3) is 10.2 Å². The molecule has 0 atom stereocenters. The highest BCUT2D eigenvalue weighted by Crippen LogP contribution is 2.36. The predicted octanol–water partition coefficient (Wildman–Crippen LogP) is 3.55. The minimum Gasteiger partial charge on any atom is -0.494 e. The van der Waals surface area contributed by atoms with Crippen molar-refractivity contribution in [1.29, 1.82) is 0 Å². The van der Waals surface area contributed by atoms with E-state index in [9.17, 15) is 14.9 Å². The van der Waals surface area contributed by atoms with Crippen LogP contribution in [0.1, 0.15) is 36.1 Å². The second-order valence-electron chi connectivity index (χ2n) is 5.93. The van der Waals surface area contributed by atoms with Crippen LogP contribution in [-0.4, -0.2) is 32.7 Å². The second-order valence-corrected chi connectivity index (χ2v) is 6.96. The Morgan fingerprint density at radius 1 is 1.38 bits per heavy atom. The fourth-order valence-corrected chi connectivity index (χ4v) is 3.45. The van der Waals surface area contributed by atoms with E-state index in [4.69, 9.17) is 4.74 Å². The number of nitrogens with zero attached hydrogens (tertiary/aromatic N) is 4. The van der Waals surface area contributed by atoms with Crippen LogP contribution in [0.15, 0.2) is 18.2 Å². The number of hydrogen-bond acceptors (Lipinski definition) is 7. The highest BCUT2D eigenvalue weighted by Gasteiger charge is 2.20. The van der Waals surface area contributed by atoms with Crippen LogP contribution in [0.5, 0.6) is 5.75 Å². The van der Waals surface area contributed by atoms with Crippen molar-refractivity contribution >= 4 is 38.3 Å². The largest absolute Gasteiger partial charge is 0.494 e. The Hall–Kier alpha value is -3.01. The Balaban J connectivity index is 1.97. The molecule has 0 spiro atoms. The lowest BCUT2D eigenvalue weighted by molar-refractivity contribution is -0.384. The summed E-state index contributed by atoms with van der Waals surface area (Å²) in [4.78, 5) is 27.5. The van der Waals surface area contributed by atoms with Gasteiger partial charge in [0, 0.05) is 12.1 Å². The quantitative estimate of drug-likeness (QED) is 0.539. The first-order valence-corrected chi connectivity index (χ1v) is 8.62. The van der Waals surface area contributed by atoms with E-state index >= 15 is 0 Å². The number of rotatable bonds is 5. The van der Waals surface area contributed by atoms with Gasteiger partial charge in [0.1, 0.15) is 11.2 Å². The topological polar surface area (TPSA) is 112 Å². The second kappa shape index (κ2) is 6.71. The summed E-state index contributed by atoms with van der Waals surface area (Å²) in [5.74, 6) is -0.0548. The normalized spacial score (nSPS) is 11.1. The zero-order chi connectivity index (χ0) is 19.0. The van der Waals surface area contributed by atoms with E-state index in [2.05, 4.69) is 15.4 Å². The Morgan fingerprint density at radius 3 is 2.73 bits per heavy atom. The van der Waals surface area contributed by atoms with Crippen LogP contribution in [0, 0.1) is 17.0 Å². The lowest BCUT2D eigenvalue weighted by Crippen LogP contribution is -2.18. The third-order valence-corrected chi connectivity index (χ3v) is 4.59. The Bertz CT molecular complexity index is 1010. The molecule has 0 bridgehead atoms. The van der Waals surface area contributed by atoms with Crippen molar-refractivity contribution in [3.63, 3.8) is 0 Å². The van der Waals surface area contributed by atoms with E-state index in [0.29, 0.717) is 21.0 Å². The summed E-state index contributed by atoms with van der Waals surface area (Å²) < 4.78 is 7.39. The van der Waals surface area contributed by atoms with E-state index in [1.807, 2.05) is 20.8 Å². The molecular weight excluding hydrogens is 358 g/mol. The molecule has 136 valence electrons. The average Bonchev–Trinajstić information content (AvgIpc) is 3.16. The molecule has 1 aromatic carbocycles. The highest BCUT2D eigenvalue weighted by atomic mass is 32.1. The lowest BCUT2D eigenvalue weighted by Gasteiger charge is -2.09. The summed E-state index contributed by atoms with van der Waals surface area (Å²) in [6.07, 6.45) is 0. The number of carbonyl (C=O) groups excluding carboxylic acids is 1. The number of fused-ring (bicyclic) bond motifs is 1. The third kappa shape index (κ3) is 3.23. The number of thiazole rings is 1. The predicted molar refractivity (Wildman–Crippen MR) is 98.1 cm³/mol. The van der Waals surface area contributed by atoms with Crippen LogP contribution >= 0.6 is 11.3 Å². The highest BCUT2D eigenvalue weighted by molar-refractivity contribution is 7.22. The molecule has 2 aromatic heterocycles. The van der Waals surface area contributed by atoms with Crippen LogP contribution in [-0.2, 0) is 0 Å². The SMILES string of the molecule is COc1cc([N+](=O)[O-])cc2sc(NC(=O)c3cc(C)nn3C(C)C)nc12. The molecule has 10 heteroatoms. The zero-order valence-electron chi connectivity index (χ0n) is 14.6. The molecule has 0 unspecified atom stereocenters. The van der Waals surface area contributed by atoms with Gasteiger partial charge in [-0.15, -0.1) is 0 Å². The maximum Gasteiger partial charge on any atom is 0.275 e. The molecule has 0 aliphatic carbocycles. The molecule has 0 aliphatic rings. The van der Waals surface area contributed by atoms with Crippen molar-refractivity contribution in [3.8, 4) is 5.75 Å². The van der Waals surface area contributed by atoms with Gasteiger partial charge in [-0.2, -0.15) is 5.10 Å². The number of benzene rings is 1. The van der Waals surface area contributed by atoms with E-state index in [1.54, 1.807) is 10.7 Å². The van der Waals surface area contributed by atoms with Crippen molar-refractivity contribution in [2.24, 2.45) is 0 Å². The van der Waals surface area contributed by atoms with Crippen molar-refractivity contribution in [2.75, 3.05) is 12.4 Å². The molecular formula is C16H17N5O4S. The van der Waals surface area contributed by atoms with Crippen LogP contribution in [0.4, 0.5) is 10.8 Å². The monoisotopic (exact) mass is 375 g/mol. The van der Waals surface area contributed by atoms with Crippen molar-refractivity contribution in [3.05, 3.63) is 39.7 Å². The minimum absolute atomic E-state index is 0.0301. The maximum atomic E-state index is 12.6. The summed E-state index contributed by atoms with van der Waals surface area (Å²) in [5, 5.41) is 18.4. The molecule has 1 N–H and O–H groups in total. The van der Waals surface area contributed by atoms with E-state index in [0.717, 1.165) is 17.0 Å². The molecule has 1 amide bonds. The first-order chi connectivity index (χ1) is 12.3. The van der Waals surface area contributed by atoms with Gasteiger partial charge >= 0.3 is 0 Å². The van der Waals surface area contributed by atoms with E-state index < -0.39 is 4.92 Å². The Labute approximate surface area is 152 Å². The number of ether oxygens (including phenoxy) is 1. The number of aryl methyl sites for hydroxylation is 1. The van der Waals surface area contributed by atoms with Gasteiger partial charge < -0.3 is 4.74 Å². The minimum atomic E-state index is -0.496. The van der Waals surface area contributed by atoms with Crippen molar-refractivity contribution in [1.82, 2.24) is 14.8 Å². The number of nitro groups is 1. The number of anilines is 1. The number of hydrogen-bond donors (Lipinski definition) is 1. The van der Waals surface area contributed by atoms with Crippen LogP contribution < -0.4 is 10.1 Å². The van der Waals surface area contributed by atoms with E-state index in [-0.39, 0.29) is 23.4 Å². The van der Waals surface area contributed by atoms with Gasteiger partial charge in [-0.3, -0.25) is 24.9 Å². The van der Waals surface area contributed by atoms with Gasteiger partial charge in [0.05, 0.1) is 28.5 Å². The van der Waals surface area contributed by atoms with Gasteiger partial charge in [0.2, 0.25) is 0 Å². The molecule has 9 nitrogen and oxygen atoms in total. The first-order valence-electron chi connectivity index (χ1n) is 7.80. The van der Waals surface area contributed by atoms with Gasteiger partial charge in [-0.25, -0.2) is 4.98 Å². The molecule has 2 heterocycles. The van der Waals surface area contributed by atoms with Crippen LogP contribution in [0.3, 0.4) is 0 Å². The molecule has 26 heavy (non-hydrogen) atoms. The van der Waals surface area contributed by atoms with Gasteiger partial charge in [-0.1, -0.05) is 11.3 Å². The number of methoxy groups -OCH3 is 1. The average molecular weight is 375 g/mol. The summed E-state index contributed by atoms with van der Waals surface area (Å²) in [6, 6.07) is 4.45. The molecule has 0 fully saturated rings. The number of aromatic nitrogens is 3. The standard InChI is InChI=1S/C16H17N5O4S/c1-8(2)20-11(5-9(3)19-20)15(22)18-16-17-14-12(25-4)6-10(21(23)24)7-13(14)26-16/h5-8H,1-4H3,(H,17,18,22). The molecule has 0 aliphatic heterocycles.